The average Bonchev–Trinajstić information content (AvgIpc) is 2.69. The highest BCUT2D eigenvalue weighted by Crippen LogP contribution is 2.08. The summed E-state index contributed by atoms with van der Waals surface area (Å²) in [5, 5.41) is 0. The molecule has 15 heavy (non-hydrogen) atoms. The van der Waals surface area contributed by atoms with E-state index in [0.29, 0.717) is 19.0 Å². The molecule has 0 atom stereocenters. The Morgan fingerprint density at radius 3 is 2.87 bits per heavy atom. The Morgan fingerprint density at radius 1 is 1.47 bits per heavy atom. The normalized spacial score (nSPS) is 16.9. The smallest absolute Gasteiger partial charge is 0.226 e. The molecule has 5 heteroatoms. The number of aryl methyl sites for hydroxylation is 1. The minimum Gasteiger partial charge on any atom is -0.481 e. The van der Waals surface area contributed by atoms with Crippen LogP contribution in [-0.2, 0) is 9.47 Å². The van der Waals surface area contributed by atoms with Gasteiger partial charge in [-0.05, 0) is 6.92 Å². The van der Waals surface area contributed by atoms with Crippen LogP contribution in [0.1, 0.15) is 5.76 Å². The fourth-order valence-electron chi connectivity index (χ4n) is 1.26. The van der Waals surface area contributed by atoms with Crippen LogP contribution in [-0.4, -0.2) is 26.1 Å². The van der Waals surface area contributed by atoms with E-state index in [2.05, 4.69) is 0 Å². The molecule has 1 aliphatic rings. The van der Waals surface area contributed by atoms with E-state index in [1.165, 1.54) is 12.3 Å². The molecular formula is C10H12O5. The molecule has 0 N–H and O–H groups in total. The lowest BCUT2D eigenvalue weighted by Crippen LogP contribution is -2.20. The van der Waals surface area contributed by atoms with Gasteiger partial charge in [-0.15, -0.1) is 0 Å². The van der Waals surface area contributed by atoms with E-state index in [1.54, 1.807) is 6.92 Å². The zero-order valence-corrected chi connectivity index (χ0v) is 8.39. The SMILES string of the molecule is Cc1cc(=O)c(OCC2OCCO2)co1. The minimum absolute atomic E-state index is 0.180. The van der Waals surface area contributed by atoms with Crippen molar-refractivity contribution in [1.82, 2.24) is 0 Å². The van der Waals surface area contributed by atoms with E-state index in [0.717, 1.165) is 0 Å². The standard InChI is InChI=1S/C10H12O5/c1-7-4-8(11)9(5-14-7)15-6-10-12-2-3-13-10/h4-5,10H,2-3,6H2,1H3. The highest BCUT2D eigenvalue weighted by Gasteiger charge is 2.17. The fourth-order valence-corrected chi connectivity index (χ4v) is 1.26. The lowest BCUT2D eigenvalue weighted by Gasteiger charge is -2.09. The number of ether oxygens (including phenoxy) is 3. The Labute approximate surface area is 86.6 Å². The first-order chi connectivity index (χ1) is 7.25. The maximum atomic E-state index is 11.4. The first-order valence-electron chi connectivity index (χ1n) is 4.71. The molecule has 0 aromatic carbocycles. The molecule has 1 aromatic heterocycles. The van der Waals surface area contributed by atoms with Crippen LogP contribution in [0.15, 0.2) is 21.5 Å². The van der Waals surface area contributed by atoms with Gasteiger partial charge in [0.05, 0.1) is 13.2 Å². The van der Waals surface area contributed by atoms with Gasteiger partial charge in [0.25, 0.3) is 0 Å². The van der Waals surface area contributed by atoms with Gasteiger partial charge in [-0.25, -0.2) is 0 Å². The van der Waals surface area contributed by atoms with Crippen molar-refractivity contribution < 1.29 is 18.6 Å². The molecule has 1 saturated heterocycles. The van der Waals surface area contributed by atoms with Crippen molar-refractivity contribution in [3.05, 3.63) is 28.3 Å². The topological polar surface area (TPSA) is 57.9 Å². The van der Waals surface area contributed by atoms with Gasteiger partial charge in [-0.2, -0.15) is 0 Å². The van der Waals surface area contributed by atoms with Gasteiger partial charge in [-0.3, -0.25) is 4.79 Å². The molecule has 1 aliphatic heterocycles. The molecule has 0 saturated carbocycles. The molecule has 0 amide bonds. The Hall–Kier alpha value is -1.33. The molecule has 0 bridgehead atoms. The van der Waals surface area contributed by atoms with E-state index < -0.39 is 0 Å². The Bertz CT molecular complexity index is 378. The van der Waals surface area contributed by atoms with Gasteiger partial charge >= 0.3 is 0 Å². The summed E-state index contributed by atoms with van der Waals surface area (Å²) in [5.41, 5.74) is -0.197. The third kappa shape index (κ3) is 2.57. The second kappa shape index (κ2) is 4.46. The molecule has 0 unspecified atom stereocenters. The maximum Gasteiger partial charge on any atom is 0.226 e. The molecule has 2 heterocycles. The van der Waals surface area contributed by atoms with Crippen LogP contribution >= 0.6 is 0 Å². The monoisotopic (exact) mass is 212 g/mol. The molecule has 0 aliphatic carbocycles. The second-order valence-corrected chi connectivity index (χ2v) is 3.20. The van der Waals surface area contributed by atoms with Gasteiger partial charge in [0.15, 0.2) is 6.29 Å². The molecule has 0 radical (unpaired) electrons. The van der Waals surface area contributed by atoms with Crippen molar-refractivity contribution in [1.29, 1.82) is 0 Å². The van der Waals surface area contributed by atoms with Crippen LogP contribution in [0.25, 0.3) is 0 Å². The molecule has 1 fully saturated rings. The Kier molecular flexibility index (Phi) is 3.03. The van der Waals surface area contributed by atoms with E-state index in [1.807, 2.05) is 0 Å². The zero-order chi connectivity index (χ0) is 10.7. The minimum atomic E-state index is -0.384. The van der Waals surface area contributed by atoms with Crippen molar-refractivity contribution in [2.45, 2.75) is 13.2 Å². The number of hydrogen-bond donors (Lipinski definition) is 0. The number of rotatable bonds is 3. The number of hydrogen-bond acceptors (Lipinski definition) is 5. The lowest BCUT2D eigenvalue weighted by atomic mass is 10.4. The van der Waals surface area contributed by atoms with Crippen LogP contribution in [0, 0.1) is 6.92 Å². The van der Waals surface area contributed by atoms with Crippen molar-refractivity contribution in [2.75, 3.05) is 19.8 Å². The first-order valence-corrected chi connectivity index (χ1v) is 4.71. The molecule has 5 nitrogen and oxygen atoms in total. The van der Waals surface area contributed by atoms with Crippen molar-refractivity contribution >= 4 is 0 Å². The van der Waals surface area contributed by atoms with Crippen LogP contribution in [0.4, 0.5) is 0 Å². The van der Waals surface area contributed by atoms with Crippen molar-refractivity contribution in [3.63, 3.8) is 0 Å². The summed E-state index contributed by atoms with van der Waals surface area (Å²) in [6.07, 6.45) is 0.915. The summed E-state index contributed by atoms with van der Waals surface area (Å²) in [5.74, 6) is 0.736. The van der Waals surface area contributed by atoms with Crippen LogP contribution in [0.5, 0.6) is 5.75 Å². The predicted molar refractivity (Wildman–Crippen MR) is 50.9 cm³/mol. The lowest BCUT2D eigenvalue weighted by molar-refractivity contribution is -0.0688. The molecule has 0 spiro atoms. The fraction of sp³-hybridized carbons (Fsp3) is 0.500. The van der Waals surface area contributed by atoms with Crippen molar-refractivity contribution in [2.24, 2.45) is 0 Å². The summed E-state index contributed by atoms with van der Waals surface area (Å²) >= 11 is 0. The summed E-state index contributed by atoms with van der Waals surface area (Å²) in [6, 6.07) is 1.38. The summed E-state index contributed by atoms with van der Waals surface area (Å²) in [4.78, 5) is 11.4. The molecule has 2 rings (SSSR count). The third-order valence-electron chi connectivity index (χ3n) is 1.99. The molecular weight excluding hydrogens is 200 g/mol. The van der Waals surface area contributed by atoms with Gasteiger partial charge in [0.2, 0.25) is 11.2 Å². The van der Waals surface area contributed by atoms with Gasteiger partial charge < -0.3 is 18.6 Å². The largest absolute Gasteiger partial charge is 0.481 e. The van der Waals surface area contributed by atoms with E-state index in [9.17, 15) is 4.79 Å². The van der Waals surface area contributed by atoms with E-state index in [4.69, 9.17) is 18.6 Å². The van der Waals surface area contributed by atoms with Crippen molar-refractivity contribution in [3.8, 4) is 5.75 Å². The summed E-state index contributed by atoms with van der Waals surface area (Å²) in [6.45, 7) is 3.04. The Morgan fingerprint density at radius 2 is 2.20 bits per heavy atom. The third-order valence-corrected chi connectivity index (χ3v) is 1.99. The summed E-state index contributed by atoms with van der Waals surface area (Å²) in [7, 11) is 0. The first kappa shape index (κ1) is 10.2. The molecule has 82 valence electrons. The maximum absolute atomic E-state index is 11.4. The second-order valence-electron chi connectivity index (χ2n) is 3.20. The predicted octanol–water partition coefficient (Wildman–Crippen LogP) is 0.700. The summed E-state index contributed by atoms with van der Waals surface area (Å²) < 4.78 is 20.6. The van der Waals surface area contributed by atoms with Gasteiger partial charge in [0, 0.05) is 6.07 Å². The highest BCUT2D eigenvalue weighted by molar-refractivity contribution is 5.16. The average molecular weight is 212 g/mol. The van der Waals surface area contributed by atoms with Gasteiger partial charge in [-0.1, -0.05) is 0 Å². The van der Waals surface area contributed by atoms with E-state index >= 15 is 0 Å². The van der Waals surface area contributed by atoms with Crippen LogP contribution in [0.3, 0.4) is 0 Å². The van der Waals surface area contributed by atoms with Gasteiger partial charge in [0.1, 0.15) is 18.6 Å². The van der Waals surface area contributed by atoms with Crippen LogP contribution in [0.2, 0.25) is 0 Å². The zero-order valence-electron chi connectivity index (χ0n) is 8.39. The van der Waals surface area contributed by atoms with E-state index in [-0.39, 0.29) is 24.1 Å². The Balaban J connectivity index is 1.95. The highest BCUT2D eigenvalue weighted by atomic mass is 16.7. The van der Waals surface area contributed by atoms with Crippen LogP contribution < -0.4 is 10.2 Å². The molecule has 1 aromatic rings. The quantitative estimate of drug-likeness (QED) is 0.738.